The van der Waals surface area contributed by atoms with Crippen molar-refractivity contribution in [1.82, 2.24) is 10.2 Å². The number of likely N-dealkylation sites (tertiary alicyclic amines) is 1. The zero-order chi connectivity index (χ0) is 49.6. The highest BCUT2D eigenvalue weighted by molar-refractivity contribution is 8.00. The minimum Gasteiger partial charge on any atom is -0.390 e. The largest absolute Gasteiger partial charge is 0.390 e. The molecular formula is C55H56N2O10S. The van der Waals surface area contributed by atoms with E-state index in [9.17, 15) is 39.9 Å². The monoisotopic (exact) mass is 936 g/mol. The number of thioether (sulfide) groups is 1. The maximum atomic E-state index is 12.9. The predicted molar refractivity (Wildman–Crippen MR) is 260 cm³/mol. The number of hydrogen-bond acceptors (Lipinski definition) is 11. The lowest BCUT2D eigenvalue weighted by molar-refractivity contribution is -0.294. The molecule has 2 aliphatic rings. The molecule has 2 rings (SSSR count). The van der Waals surface area contributed by atoms with Gasteiger partial charge >= 0.3 is 0 Å². The van der Waals surface area contributed by atoms with Crippen LogP contribution in [0.1, 0.15) is 104 Å². The van der Waals surface area contributed by atoms with Crippen molar-refractivity contribution in [3.8, 4) is 142 Å². The smallest absolute Gasteiger partial charge is 0.297 e. The van der Waals surface area contributed by atoms with E-state index in [0.29, 0.717) is 6.42 Å². The Bertz CT molecular complexity index is 2500. The average Bonchev–Trinajstić information content (AvgIpc) is 3.58. The van der Waals surface area contributed by atoms with Crippen LogP contribution in [-0.2, 0) is 23.9 Å². The summed E-state index contributed by atoms with van der Waals surface area (Å²) >= 11 is 1.06. The normalized spacial score (nSPS) is 19.4. The molecule has 0 aromatic heterocycles. The van der Waals surface area contributed by atoms with Crippen LogP contribution < -0.4 is 5.32 Å². The van der Waals surface area contributed by atoms with E-state index in [1.54, 1.807) is 6.92 Å². The van der Waals surface area contributed by atoms with Crippen molar-refractivity contribution in [2.24, 2.45) is 0 Å². The predicted octanol–water partition coefficient (Wildman–Crippen LogP) is 1.66. The molecular weight excluding hydrogens is 881 g/mol. The van der Waals surface area contributed by atoms with Gasteiger partial charge in [-0.2, -0.15) is 0 Å². The van der Waals surface area contributed by atoms with Gasteiger partial charge in [-0.1, -0.05) is 89.9 Å². The third kappa shape index (κ3) is 24.8. The van der Waals surface area contributed by atoms with Gasteiger partial charge in [0.05, 0.1) is 30.1 Å². The van der Waals surface area contributed by atoms with Crippen molar-refractivity contribution in [3.63, 3.8) is 0 Å². The highest BCUT2D eigenvalue weighted by atomic mass is 32.2. The second-order valence-corrected chi connectivity index (χ2v) is 16.3. The standard InChI is InChI=1S/C55H56N2O10S/c1-4-6-8-10-12-14-16-18-19-20-21-22-23-24-25-26-27-28-30-32-34-36-38-40-48(59)56-44(50(61)45(58)39-37-35-33-31-29-17-15-13-11-9-7-5-2)42-66-55-53(64)52(63)51(62)46(67-55)43-68-47-41-49(60)57(3)54(47)65/h44-47,50-53,55,58,61-64H,5,7,9,11,13,15,17,29,31,33,35,37,39,41-43H2,1-3H3,(H,56,59)/t44-,45+,46?,47?,50-,51-,52-,53?,55-/m0/s1. The van der Waals surface area contributed by atoms with Gasteiger partial charge in [0.2, 0.25) is 11.8 Å². The molecule has 0 spiro atoms. The van der Waals surface area contributed by atoms with E-state index >= 15 is 0 Å². The molecule has 0 aromatic rings. The van der Waals surface area contributed by atoms with Crippen LogP contribution in [-0.4, -0.2) is 122 Å². The van der Waals surface area contributed by atoms with Crippen LogP contribution in [0.15, 0.2) is 0 Å². The van der Waals surface area contributed by atoms with E-state index in [1.807, 2.05) is 0 Å². The molecule has 0 aromatic carbocycles. The van der Waals surface area contributed by atoms with Crippen molar-refractivity contribution in [1.29, 1.82) is 0 Å². The van der Waals surface area contributed by atoms with Crippen LogP contribution in [0.4, 0.5) is 0 Å². The fourth-order valence-electron chi connectivity index (χ4n) is 6.29. The molecule has 9 atom stereocenters. The third-order valence-electron chi connectivity index (χ3n) is 10.0. The molecule has 0 bridgehead atoms. The van der Waals surface area contributed by atoms with Gasteiger partial charge < -0.3 is 40.3 Å². The molecule has 13 heteroatoms. The highest BCUT2D eigenvalue weighted by Gasteiger charge is 2.46. The van der Waals surface area contributed by atoms with Crippen molar-refractivity contribution >= 4 is 29.5 Å². The zero-order valence-electron chi connectivity index (χ0n) is 38.6. The minimum atomic E-state index is -1.74. The SMILES string of the molecule is CC#CC#CC#CC#CC#CC#CC#CC#CC#CC#CC#CC#CC(=O)N[C@@H](CO[C@H]1OC(CSC2CC(=O)N(C)C2=O)[C@H](O)[C@H](O)C1O)[C@H](O)[C@H](O)CCCCCCCCCCCCCC. The summed E-state index contributed by atoms with van der Waals surface area (Å²) in [5.41, 5.74) is 0. The molecule has 2 saturated heterocycles. The van der Waals surface area contributed by atoms with Crippen LogP contribution in [0.3, 0.4) is 0 Å². The van der Waals surface area contributed by atoms with Crippen molar-refractivity contribution < 1.29 is 49.4 Å². The number of aliphatic hydroxyl groups is 5. The summed E-state index contributed by atoms with van der Waals surface area (Å²) in [6, 6.07) is -1.27. The second-order valence-electron chi connectivity index (χ2n) is 15.1. The Balaban J connectivity index is 2.01. The second kappa shape index (κ2) is 36.5. The van der Waals surface area contributed by atoms with Crippen LogP contribution in [0.2, 0.25) is 0 Å². The van der Waals surface area contributed by atoms with Gasteiger partial charge in [0, 0.05) is 60.7 Å². The van der Waals surface area contributed by atoms with Crippen LogP contribution in [0.5, 0.6) is 0 Å². The molecule has 0 radical (unpaired) electrons. The first-order chi connectivity index (χ1) is 33.0. The fraction of sp³-hybridized carbons (Fsp3) is 0.509. The molecule has 2 aliphatic heterocycles. The Hall–Kier alpha value is -6.60. The lowest BCUT2D eigenvalue weighted by atomic mass is 9.98. The topological polar surface area (TPSA) is 186 Å². The van der Waals surface area contributed by atoms with E-state index in [2.05, 4.69) is 154 Å². The number of nitrogens with one attached hydrogen (secondary N) is 1. The number of rotatable bonds is 22. The van der Waals surface area contributed by atoms with Gasteiger partial charge in [0.1, 0.15) is 24.4 Å². The first-order valence-electron chi connectivity index (χ1n) is 22.3. The van der Waals surface area contributed by atoms with Crippen LogP contribution in [0, 0.1) is 142 Å². The molecule has 2 heterocycles. The number of aliphatic hydroxyl groups excluding tert-OH is 5. The first kappa shape index (κ1) is 57.5. The van der Waals surface area contributed by atoms with Gasteiger partial charge in [-0.05, 0) is 108 Å². The number of carbonyl (C=O) groups excluding carboxylic acids is 3. The molecule has 2 fully saturated rings. The van der Waals surface area contributed by atoms with E-state index in [4.69, 9.17) is 9.47 Å². The van der Waals surface area contributed by atoms with Gasteiger partial charge in [-0.15, -0.1) is 11.8 Å². The number of carbonyl (C=O) groups is 3. The molecule has 6 N–H and O–H groups in total. The maximum absolute atomic E-state index is 12.9. The highest BCUT2D eigenvalue weighted by Crippen LogP contribution is 2.30. The average molecular weight is 937 g/mol. The quantitative estimate of drug-likeness (QED) is 0.0528. The molecule has 3 amide bonds. The van der Waals surface area contributed by atoms with Crippen molar-refractivity contribution in [2.45, 2.75) is 158 Å². The van der Waals surface area contributed by atoms with E-state index in [-0.39, 0.29) is 24.5 Å². The lowest BCUT2D eigenvalue weighted by Crippen LogP contribution is -2.60. The van der Waals surface area contributed by atoms with Crippen molar-refractivity contribution in [2.75, 3.05) is 19.4 Å². The third-order valence-corrected chi connectivity index (χ3v) is 11.3. The zero-order valence-corrected chi connectivity index (χ0v) is 39.5. The molecule has 0 aliphatic carbocycles. The molecule has 3 unspecified atom stereocenters. The summed E-state index contributed by atoms with van der Waals surface area (Å²) in [6.07, 6.45) is 3.22. The van der Waals surface area contributed by atoms with Gasteiger partial charge in [0.15, 0.2) is 6.29 Å². The maximum Gasteiger partial charge on any atom is 0.297 e. The van der Waals surface area contributed by atoms with E-state index in [1.165, 1.54) is 52.0 Å². The Morgan fingerprint density at radius 3 is 1.56 bits per heavy atom. The Kier molecular flexibility index (Phi) is 30.9. The van der Waals surface area contributed by atoms with Crippen molar-refractivity contribution in [3.05, 3.63) is 0 Å². The van der Waals surface area contributed by atoms with Crippen LogP contribution >= 0.6 is 11.8 Å². The molecule has 12 nitrogen and oxygen atoms in total. The summed E-state index contributed by atoms with van der Waals surface area (Å²) in [6.45, 7) is 3.37. The Morgan fingerprint density at radius 2 is 1.12 bits per heavy atom. The number of imide groups is 1. The van der Waals surface area contributed by atoms with Gasteiger partial charge in [-0.25, -0.2) is 0 Å². The molecule has 68 heavy (non-hydrogen) atoms. The molecule has 0 saturated carbocycles. The fourth-order valence-corrected chi connectivity index (χ4v) is 7.55. The van der Waals surface area contributed by atoms with E-state index < -0.39 is 72.6 Å². The number of unbranched alkanes of at least 4 members (excludes halogenated alkanes) is 11. The Labute approximate surface area is 407 Å². The Morgan fingerprint density at radius 1 is 0.676 bits per heavy atom. The number of amides is 3. The summed E-state index contributed by atoms with van der Waals surface area (Å²) in [5.74, 6) is 57.7. The number of ether oxygens (including phenoxy) is 2. The van der Waals surface area contributed by atoms with E-state index in [0.717, 1.165) is 42.3 Å². The minimum absolute atomic E-state index is 0.0303. The summed E-state index contributed by atoms with van der Waals surface area (Å²) < 4.78 is 11.5. The van der Waals surface area contributed by atoms with Crippen LogP contribution in [0.25, 0.3) is 0 Å². The summed E-state index contributed by atoms with van der Waals surface area (Å²) in [7, 11) is 1.38. The van der Waals surface area contributed by atoms with Gasteiger partial charge in [0.25, 0.3) is 5.91 Å². The first-order valence-corrected chi connectivity index (χ1v) is 23.4. The number of nitrogens with zero attached hydrogens (tertiary/aromatic N) is 1. The summed E-state index contributed by atoms with van der Waals surface area (Å²) in [4.78, 5) is 38.3. The molecule has 352 valence electrons. The summed E-state index contributed by atoms with van der Waals surface area (Å²) in [5, 5.41) is 56.0. The van der Waals surface area contributed by atoms with Gasteiger partial charge in [-0.3, -0.25) is 19.3 Å². The lowest BCUT2D eigenvalue weighted by Gasteiger charge is -2.41. The number of hydrogen-bond donors (Lipinski definition) is 6.